The monoisotopic (exact) mass is 646 g/mol. The van der Waals surface area contributed by atoms with Gasteiger partial charge in [0, 0.05) is 44.4 Å². The summed E-state index contributed by atoms with van der Waals surface area (Å²) in [4.78, 5) is 30.2. The summed E-state index contributed by atoms with van der Waals surface area (Å²) in [5.41, 5.74) is 1.33. The molecule has 1 aliphatic heterocycles. The van der Waals surface area contributed by atoms with Crippen LogP contribution in [0.15, 0.2) is 47.4 Å². The predicted molar refractivity (Wildman–Crippen MR) is 175 cm³/mol. The Kier molecular flexibility index (Phi) is 13.1. The van der Waals surface area contributed by atoms with Gasteiger partial charge in [0.2, 0.25) is 0 Å². The lowest BCUT2D eigenvalue weighted by Crippen LogP contribution is -2.49. The number of ether oxygens (including phenoxy) is 2. The SMILES string of the molecule is Cc1ccc(S(=O)(=O)Nc2ccc3c(c2)C(=O)N([C@@H](C)CO)C[C@H](C)[C@H](CN(C)C(=O)NC(C)C)OCCCC[C@H](C)O3)cc1. The zero-order valence-electron chi connectivity index (χ0n) is 27.6. The van der Waals surface area contributed by atoms with Crippen molar-refractivity contribution in [3.8, 4) is 5.75 Å². The van der Waals surface area contributed by atoms with Crippen LogP contribution in [0.1, 0.15) is 69.8 Å². The largest absolute Gasteiger partial charge is 0.490 e. The number of hydrogen-bond donors (Lipinski definition) is 3. The third-order valence-electron chi connectivity index (χ3n) is 7.85. The molecule has 0 unspecified atom stereocenters. The Bertz CT molecular complexity index is 1380. The number of nitrogens with zero attached hydrogens (tertiary/aromatic N) is 2. The van der Waals surface area contributed by atoms with E-state index in [1.54, 1.807) is 48.0 Å². The number of aryl methyl sites for hydroxylation is 1. The first kappa shape index (κ1) is 36.1. The second-order valence-electron chi connectivity index (χ2n) is 12.4. The molecule has 45 heavy (non-hydrogen) atoms. The fraction of sp³-hybridized carbons (Fsp3) is 0.576. The number of likely N-dealkylation sites (N-methyl/N-ethyl adjacent to an activating group) is 1. The number of carbonyl (C=O) groups is 2. The third-order valence-corrected chi connectivity index (χ3v) is 9.24. The van der Waals surface area contributed by atoms with Crippen molar-refractivity contribution in [2.45, 2.75) is 90.0 Å². The third kappa shape index (κ3) is 10.3. The number of hydrogen-bond acceptors (Lipinski definition) is 7. The molecule has 3 N–H and O–H groups in total. The fourth-order valence-electron chi connectivity index (χ4n) is 5.09. The van der Waals surface area contributed by atoms with E-state index >= 15 is 0 Å². The average Bonchev–Trinajstić information content (AvgIpc) is 2.98. The number of urea groups is 1. The van der Waals surface area contributed by atoms with E-state index in [1.165, 1.54) is 18.2 Å². The fourth-order valence-corrected chi connectivity index (χ4v) is 6.14. The van der Waals surface area contributed by atoms with Crippen LogP contribution in [0.2, 0.25) is 0 Å². The van der Waals surface area contributed by atoms with E-state index in [-0.39, 0.29) is 59.5 Å². The van der Waals surface area contributed by atoms with Gasteiger partial charge >= 0.3 is 6.03 Å². The molecular formula is C33H50N4O7S. The first-order valence-electron chi connectivity index (χ1n) is 15.7. The number of amides is 3. The van der Waals surface area contributed by atoms with E-state index in [1.807, 2.05) is 34.6 Å². The Morgan fingerprint density at radius 1 is 1.11 bits per heavy atom. The molecule has 11 nitrogen and oxygen atoms in total. The molecule has 2 aromatic carbocycles. The molecule has 0 spiro atoms. The van der Waals surface area contributed by atoms with Gasteiger partial charge < -0.3 is 29.7 Å². The Morgan fingerprint density at radius 2 is 1.80 bits per heavy atom. The highest BCUT2D eigenvalue weighted by molar-refractivity contribution is 7.92. The summed E-state index contributed by atoms with van der Waals surface area (Å²) in [6, 6.07) is 10.4. The molecule has 0 aromatic heterocycles. The minimum atomic E-state index is -3.92. The Balaban J connectivity index is 1.98. The molecule has 0 fully saturated rings. The van der Waals surface area contributed by atoms with E-state index in [0.29, 0.717) is 25.3 Å². The molecule has 12 heteroatoms. The molecule has 0 saturated heterocycles. The van der Waals surface area contributed by atoms with Crippen molar-refractivity contribution in [1.82, 2.24) is 15.1 Å². The zero-order chi connectivity index (χ0) is 33.3. The topological polar surface area (TPSA) is 138 Å². The van der Waals surface area contributed by atoms with Crippen LogP contribution in [0.3, 0.4) is 0 Å². The van der Waals surface area contributed by atoms with Crippen LogP contribution in [0, 0.1) is 12.8 Å². The van der Waals surface area contributed by atoms with Crippen LogP contribution < -0.4 is 14.8 Å². The van der Waals surface area contributed by atoms with E-state index in [4.69, 9.17) is 9.47 Å². The second-order valence-corrected chi connectivity index (χ2v) is 14.1. The molecule has 0 saturated carbocycles. The van der Waals surface area contributed by atoms with Crippen molar-refractivity contribution in [2.75, 3.05) is 38.1 Å². The lowest BCUT2D eigenvalue weighted by Gasteiger charge is -2.36. The lowest BCUT2D eigenvalue weighted by molar-refractivity contribution is -0.0122. The number of aliphatic hydroxyl groups excluding tert-OH is 1. The standard InChI is InChI=1S/C33H50N4O7S/c1-22(2)34-33(40)36(7)20-31-24(4)19-37(25(5)21-38)32(39)29-18-27(35-45(41,42)28-14-11-23(3)12-15-28)13-16-30(29)44-26(6)10-8-9-17-43-31/h11-16,18,22,24-26,31,35,38H,8-10,17,19-21H2,1-7H3,(H,34,40)/t24-,25-,26-,31-/m0/s1. The molecule has 3 amide bonds. The minimum Gasteiger partial charge on any atom is -0.490 e. The molecule has 3 rings (SSSR count). The summed E-state index contributed by atoms with van der Waals surface area (Å²) in [5, 5.41) is 13.1. The number of sulfonamides is 1. The van der Waals surface area contributed by atoms with Gasteiger partial charge in [0.1, 0.15) is 5.75 Å². The zero-order valence-corrected chi connectivity index (χ0v) is 28.4. The number of carbonyl (C=O) groups excluding carboxylic acids is 2. The average molecular weight is 647 g/mol. The quantitative estimate of drug-likeness (QED) is 0.380. The lowest BCUT2D eigenvalue weighted by atomic mass is 10.0. The van der Waals surface area contributed by atoms with Crippen molar-refractivity contribution in [3.63, 3.8) is 0 Å². The molecule has 0 radical (unpaired) electrons. The Morgan fingerprint density at radius 3 is 2.44 bits per heavy atom. The highest BCUT2D eigenvalue weighted by Crippen LogP contribution is 2.29. The number of benzene rings is 2. The summed E-state index contributed by atoms with van der Waals surface area (Å²) in [5.74, 6) is -0.293. The maximum absolute atomic E-state index is 14.3. The van der Waals surface area contributed by atoms with E-state index in [9.17, 15) is 23.1 Å². The molecule has 1 aliphatic rings. The van der Waals surface area contributed by atoms with Crippen LogP contribution in [0.5, 0.6) is 5.75 Å². The van der Waals surface area contributed by atoms with E-state index < -0.39 is 22.0 Å². The maximum atomic E-state index is 14.3. The van der Waals surface area contributed by atoms with E-state index in [2.05, 4.69) is 10.0 Å². The summed E-state index contributed by atoms with van der Waals surface area (Å²) in [6.07, 6.45) is 1.74. The van der Waals surface area contributed by atoms with Gasteiger partial charge in [-0.3, -0.25) is 9.52 Å². The summed E-state index contributed by atoms with van der Waals surface area (Å²) >= 11 is 0. The Hall–Kier alpha value is -3.35. The Labute approximate surface area is 268 Å². The van der Waals surface area contributed by atoms with Crippen LogP contribution in [-0.4, -0.2) is 92.9 Å². The highest BCUT2D eigenvalue weighted by atomic mass is 32.2. The number of rotatable bonds is 8. The second kappa shape index (κ2) is 16.3. The molecule has 2 aromatic rings. The highest BCUT2D eigenvalue weighted by Gasteiger charge is 2.31. The van der Waals surface area contributed by atoms with Gasteiger partial charge in [0.25, 0.3) is 15.9 Å². The van der Waals surface area contributed by atoms with Gasteiger partial charge in [-0.2, -0.15) is 0 Å². The van der Waals surface area contributed by atoms with Crippen LogP contribution in [0.25, 0.3) is 0 Å². The predicted octanol–water partition coefficient (Wildman–Crippen LogP) is 4.64. The van der Waals surface area contributed by atoms with Gasteiger partial charge in [-0.1, -0.05) is 24.6 Å². The molecule has 250 valence electrons. The van der Waals surface area contributed by atoms with Gasteiger partial charge in [-0.05, 0) is 84.2 Å². The van der Waals surface area contributed by atoms with Crippen molar-refractivity contribution in [2.24, 2.45) is 5.92 Å². The number of fused-ring (bicyclic) bond motifs is 1. The van der Waals surface area contributed by atoms with Gasteiger partial charge in [-0.15, -0.1) is 0 Å². The van der Waals surface area contributed by atoms with Crippen LogP contribution in [-0.2, 0) is 14.8 Å². The summed E-state index contributed by atoms with van der Waals surface area (Å²) in [6.45, 7) is 12.0. The number of nitrogens with one attached hydrogen (secondary N) is 2. The smallest absolute Gasteiger partial charge is 0.317 e. The van der Waals surface area contributed by atoms with Gasteiger partial charge in [0.05, 0.1) is 35.3 Å². The molecular weight excluding hydrogens is 596 g/mol. The normalized spacial score (nSPS) is 20.9. The summed E-state index contributed by atoms with van der Waals surface area (Å²) in [7, 11) is -2.21. The molecule has 0 bridgehead atoms. The molecule has 1 heterocycles. The van der Waals surface area contributed by atoms with Crippen LogP contribution in [0.4, 0.5) is 10.5 Å². The van der Waals surface area contributed by atoms with E-state index in [0.717, 1.165) is 18.4 Å². The first-order valence-corrected chi connectivity index (χ1v) is 17.1. The number of anilines is 1. The van der Waals surface area contributed by atoms with Crippen molar-refractivity contribution in [1.29, 1.82) is 0 Å². The van der Waals surface area contributed by atoms with Crippen molar-refractivity contribution < 1.29 is 32.6 Å². The van der Waals surface area contributed by atoms with Crippen molar-refractivity contribution >= 4 is 27.6 Å². The maximum Gasteiger partial charge on any atom is 0.317 e. The minimum absolute atomic E-state index is 0.0173. The molecule has 0 aliphatic carbocycles. The van der Waals surface area contributed by atoms with Gasteiger partial charge in [-0.25, -0.2) is 13.2 Å². The number of aliphatic hydroxyl groups is 1. The van der Waals surface area contributed by atoms with Crippen LogP contribution >= 0.6 is 0 Å². The van der Waals surface area contributed by atoms with Gasteiger partial charge in [0.15, 0.2) is 0 Å². The molecule has 4 atom stereocenters. The summed E-state index contributed by atoms with van der Waals surface area (Å²) < 4.78 is 41.5. The van der Waals surface area contributed by atoms with Crippen molar-refractivity contribution in [3.05, 3.63) is 53.6 Å². The first-order chi connectivity index (χ1) is 21.2.